The summed E-state index contributed by atoms with van der Waals surface area (Å²) in [6.07, 6.45) is 0.202. The van der Waals surface area contributed by atoms with E-state index in [0.717, 1.165) is 16.8 Å². The lowest BCUT2D eigenvalue weighted by Gasteiger charge is -2.22. The highest BCUT2D eigenvalue weighted by atomic mass is 35.5. The molecule has 2 aromatic carbocycles. The number of hydrogen-bond acceptors (Lipinski definition) is 3. The lowest BCUT2D eigenvalue weighted by Crippen LogP contribution is -2.27. The van der Waals surface area contributed by atoms with E-state index in [-0.39, 0.29) is 24.8 Å². The van der Waals surface area contributed by atoms with Gasteiger partial charge in [0, 0.05) is 22.9 Å². The number of carboxylic acids is 1. The standard InChI is InChI=1S/C19H16Cl2N2O3/c20-14-5-1-12(2-6-14)16-11-17(13-3-7-15(21)8-4-13)23(22-16)18(24)9-10-19(25)26/h1-8,17H,9-11H2,(H,25,26). The molecule has 1 N–H and O–H groups in total. The molecular formula is C19H16Cl2N2O3. The summed E-state index contributed by atoms with van der Waals surface area (Å²) in [4.78, 5) is 23.3. The van der Waals surface area contributed by atoms with Crippen LogP contribution in [0.4, 0.5) is 0 Å². The summed E-state index contributed by atoms with van der Waals surface area (Å²) >= 11 is 11.9. The molecule has 0 aliphatic carbocycles. The fraction of sp³-hybridized carbons (Fsp3) is 0.211. The van der Waals surface area contributed by atoms with E-state index in [1.54, 1.807) is 24.3 Å². The number of hydrazone groups is 1. The normalized spacial score (nSPS) is 16.5. The quantitative estimate of drug-likeness (QED) is 0.814. The smallest absolute Gasteiger partial charge is 0.303 e. The molecule has 0 spiro atoms. The van der Waals surface area contributed by atoms with Gasteiger partial charge >= 0.3 is 5.97 Å². The first-order valence-electron chi connectivity index (χ1n) is 8.07. The molecule has 7 heteroatoms. The Morgan fingerprint density at radius 1 is 1.00 bits per heavy atom. The van der Waals surface area contributed by atoms with E-state index < -0.39 is 5.97 Å². The monoisotopic (exact) mass is 390 g/mol. The summed E-state index contributed by atoms with van der Waals surface area (Å²) < 4.78 is 0. The first kappa shape index (κ1) is 18.4. The molecule has 0 fully saturated rings. The van der Waals surface area contributed by atoms with E-state index in [1.807, 2.05) is 24.3 Å². The Labute approximate surface area is 160 Å². The van der Waals surface area contributed by atoms with Gasteiger partial charge in [0.15, 0.2) is 0 Å². The average molecular weight is 391 g/mol. The van der Waals surface area contributed by atoms with Crippen LogP contribution in [0.3, 0.4) is 0 Å². The Kier molecular flexibility index (Phi) is 5.59. The highest BCUT2D eigenvalue weighted by molar-refractivity contribution is 6.31. The summed E-state index contributed by atoms with van der Waals surface area (Å²) in [6, 6.07) is 14.2. The van der Waals surface area contributed by atoms with Crippen LogP contribution in [0.2, 0.25) is 10.0 Å². The Balaban J connectivity index is 1.89. The van der Waals surface area contributed by atoms with Crippen LogP contribution in [0, 0.1) is 0 Å². The van der Waals surface area contributed by atoms with Gasteiger partial charge in [0.1, 0.15) is 0 Å². The third-order valence-corrected chi connectivity index (χ3v) is 4.65. The molecule has 3 rings (SSSR count). The molecule has 0 radical (unpaired) electrons. The minimum Gasteiger partial charge on any atom is -0.481 e. The van der Waals surface area contributed by atoms with Crippen molar-refractivity contribution in [3.63, 3.8) is 0 Å². The zero-order chi connectivity index (χ0) is 18.7. The maximum atomic E-state index is 12.5. The molecule has 0 saturated heterocycles. The zero-order valence-corrected chi connectivity index (χ0v) is 15.2. The fourth-order valence-electron chi connectivity index (χ4n) is 2.83. The Morgan fingerprint density at radius 2 is 1.58 bits per heavy atom. The number of rotatable bonds is 5. The number of halogens is 2. The van der Waals surface area contributed by atoms with Crippen molar-refractivity contribution in [3.8, 4) is 0 Å². The molecule has 1 unspecified atom stereocenters. The molecule has 0 saturated carbocycles. The van der Waals surface area contributed by atoms with Crippen LogP contribution in [0.25, 0.3) is 0 Å². The number of hydrogen-bond donors (Lipinski definition) is 1. The number of benzene rings is 2. The number of carbonyl (C=O) groups is 2. The summed E-state index contributed by atoms with van der Waals surface area (Å²) in [6.45, 7) is 0. The van der Waals surface area contributed by atoms with Gasteiger partial charge in [0.2, 0.25) is 5.91 Å². The van der Waals surface area contributed by atoms with Crippen molar-refractivity contribution >= 4 is 40.8 Å². The van der Waals surface area contributed by atoms with E-state index in [9.17, 15) is 9.59 Å². The Morgan fingerprint density at radius 3 is 2.15 bits per heavy atom. The largest absolute Gasteiger partial charge is 0.481 e. The molecule has 1 aliphatic heterocycles. The third kappa shape index (κ3) is 4.23. The highest BCUT2D eigenvalue weighted by Gasteiger charge is 2.33. The minimum atomic E-state index is -1.01. The molecule has 1 atom stereocenters. The summed E-state index contributed by atoms with van der Waals surface area (Å²) in [5.74, 6) is -1.33. The molecule has 2 aromatic rings. The third-order valence-electron chi connectivity index (χ3n) is 4.15. The SMILES string of the molecule is O=C(O)CCC(=O)N1N=C(c2ccc(Cl)cc2)CC1c1ccc(Cl)cc1. The van der Waals surface area contributed by atoms with Crippen LogP contribution in [0.15, 0.2) is 53.6 Å². The van der Waals surface area contributed by atoms with E-state index in [2.05, 4.69) is 5.10 Å². The van der Waals surface area contributed by atoms with Crippen LogP contribution in [0.1, 0.15) is 36.4 Å². The van der Waals surface area contributed by atoms with Gasteiger partial charge in [-0.2, -0.15) is 5.10 Å². The lowest BCUT2D eigenvalue weighted by atomic mass is 9.98. The summed E-state index contributed by atoms with van der Waals surface area (Å²) in [5.41, 5.74) is 2.53. The van der Waals surface area contributed by atoms with Crippen LogP contribution in [-0.2, 0) is 9.59 Å². The molecule has 1 aliphatic rings. The van der Waals surface area contributed by atoms with Crippen LogP contribution >= 0.6 is 23.2 Å². The van der Waals surface area contributed by atoms with Gasteiger partial charge in [0.25, 0.3) is 0 Å². The molecule has 134 valence electrons. The molecule has 26 heavy (non-hydrogen) atoms. The van der Waals surface area contributed by atoms with Crippen molar-refractivity contribution < 1.29 is 14.7 Å². The first-order chi connectivity index (χ1) is 12.4. The van der Waals surface area contributed by atoms with E-state index in [1.165, 1.54) is 5.01 Å². The second-order valence-corrected chi connectivity index (χ2v) is 6.83. The van der Waals surface area contributed by atoms with Crippen molar-refractivity contribution in [2.45, 2.75) is 25.3 Å². The topological polar surface area (TPSA) is 70.0 Å². The van der Waals surface area contributed by atoms with Gasteiger partial charge < -0.3 is 5.11 Å². The molecular weight excluding hydrogens is 375 g/mol. The van der Waals surface area contributed by atoms with Crippen molar-refractivity contribution in [1.82, 2.24) is 5.01 Å². The van der Waals surface area contributed by atoms with Crippen molar-refractivity contribution in [3.05, 3.63) is 69.7 Å². The molecule has 5 nitrogen and oxygen atoms in total. The van der Waals surface area contributed by atoms with E-state index in [4.69, 9.17) is 28.3 Å². The minimum absolute atomic E-state index is 0.100. The van der Waals surface area contributed by atoms with Crippen molar-refractivity contribution in [2.24, 2.45) is 5.10 Å². The van der Waals surface area contributed by atoms with Gasteiger partial charge in [0.05, 0.1) is 18.2 Å². The predicted molar refractivity (Wildman–Crippen MR) is 101 cm³/mol. The number of carbonyl (C=O) groups excluding carboxylic acids is 1. The van der Waals surface area contributed by atoms with Gasteiger partial charge in [-0.25, -0.2) is 5.01 Å². The molecule has 1 amide bonds. The lowest BCUT2D eigenvalue weighted by molar-refractivity contribution is -0.141. The van der Waals surface area contributed by atoms with Crippen LogP contribution in [-0.4, -0.2) is 27.7 Å². The molecule has 0 aromatic heterocycles. The predicted octanol–water partition coefficient (Wildman–Crippen LogP) is 4.54. The maximum Gasteiger partial charge on any atom is 0.303 e. The van der Waals surface area contributed by atoms with Crippen LogP contribution in [0.5, 0.6) is 0 Å². The number of aliphatic carboxylic acids is 1. The van der Waals surface area contributed by atoms with E-state index >= 15 is 0 Å². The maximum absolute atomic E-state index is 12.5. The van der Waals surface area contributed by atoms with Gasteiger partial charge in [-0.15, -0.1) is 0 Å². The zero-order valence-electron chi connectivity index (χ0n) is 13.7. The Hall–Kier alpha value is -2.37. The van der Waals surface area contributed by atoms with Gasteiger partial charge in [-0.1, -0.05) is 47.5 Å². The van der Waals surface area contributed by atoms with E-state index in [0.29, 0.717) is 16.5 Å². The summed E-state index contributed by atoms with van der Waals surface area (Å²) in [7, 11) is 0. The second kappa shape index (κ2) is 7.89. The van der Waals surface area contributed by atoms with Crippen molar-refractivity contribution in [2.75, 3.05) is 0 Å². The van der Waals surface area contributed by atoms with Gasteiger partial charge in [-0.3, -0.25) is 9.59 Å². The number of carboxylic acid groups (broad SMARTS) is 1. The average Bonchev–Trinajstić information content (AvgIpc) is 3.06. The number of amides is 1. The second-order valence-electron chi connectivity index (χ2n) is 5.96. The first-order valence-corrected chi connectivity index (χ1v) is 8.82. The summed E-state index contributed by atoms with van der Waals surface area (Å²) in [5, 5.41) is 15.9. The molecule has 1 heterocycles. The molecule has 0 bridgehead atoms. The fourth-order valence-corrected chi connectivity index (χ4v) is 3.08. The van der Waals surface area contributed by atoms with Crippen molar-refractivity contribution in [1.29, 1.82) is 0 Å². The van der Waals surface area contributed by atoms with Crippen LogP contribution < -0.4 is 0 Å². The van der Waals surface area contributed by atoms with Gasteiger partial charge in [-0.05, 0) is 35.4 Å². The highest BCUT2D eigenvalue weighted by Crippen LogP contribution is 2.34. The Bertz CT molecular complexity index is 848. The number of nitrogens with zero attached hydrogens (tertiary/aromatic N) is 2.